The molecule has 2 aromatic heterocycles. The summed E-state index contributed by atoms with van der Waals surface area (Å²) in [6.07, 6.45) is 3.87. The van der Waals surface area contributed by atoms with Gasteiger partial charge < -0.3 is 5.32 Å². The number of halogens is 1. The lowest BCUT2D eigenvalue weighted by molar-refractivity contribution is 0.532. The number of nitrogens with one attached hydrogen (secondary N) is 1. The number of hydrogen-bond acceptors (Lipinski definition) is 3. The molecule has 0 aromatic carbocycles. The summed E-state index contributed by atoms with van der Waals surface area (Å²) in [6.45, 7) is 6.99. The highest BCUT2D eigenvalue weighted by molar-refractivity contribution is 5.85. The van der Waals surface area contributed by atoms with E-state index in [-0.39, 0.29) is 12.4 Å². The van der Waals surface area contributed by atoms with Crippen molar-refractivity contribution in [1.82, 2.24) is 19.6 Å². The molecule has 2 heterocycles. The Kier molecular flexibility index (Phi) is 4.78. The standard InChI is InChI=1S/C12H19N5.ClH/c1-9(2)17-8-11(6-14-17)13-7-12-5-10(3)15-16(12)4;/h5-6,8-9,13H,7H2,1-4H3;1H. The fraction of sp³-hybridized carbons (Fsp3) is 0.500. The van der Waals surface area contributed by atoms with Crippen LogP contribution < -0.4 is 5.32 Å². The molecule has 1 N–H and O–H groups in total. The van der Waals surface area contributed by atoms with Gasteiger partial charge in [-0.1, -0.05) is 0 Å². The van der Waals surface area contributed by atoms with Crippen LogP contribution in [0, 0.1) is 6.92 Å². The predicted octanol–water partition coefficient (Wildman–Crippen LogP) is 2.54. The van der Waals surface area contributed by atoms with E-state index in [0.717, 1.165) is 17.9 Å². The molecule has 6 heteroatoms. The van der Waals surface area contributed by atoms with Crippen molar-refractivity contribution >= 4 is 18.1 Å². The molecule has 0 unspecified atom stereocenters. The van der Waals surface area contributed by atoms with Crippen LogP contribution in [0.5, 0.6) is 0 Å². The third-order valence-electron chi connectivity index (χ3n) is 2.70. The van der Waals surface area contributed by atoms with Crippen molar-refractivity contribution in [2.45, 2.75) is 33.4 Å². The largest absolute Gasteiger partial charge is 0.377 e. The molecule has 100 valence electrons. The van der Waals surface area contributed by atoms with Gasteiger partial charge in [-0.3, -0.25) is 9.36 Å². The van der Waals surface area contributed by atoms with Crippen LogP contribution in [0.3, 0.4) is 0 Å². The zero-order chi connectivity index (χ0) is 12.4. The number of aryl methyl sites for hydroxylation is 2. The lowest BCUT2D eigenvalue weighted by Crippen LogP contribution is -2.05. The van der Waals surface area contributed by atoms with Crippen LogP contribution in [0.2, 0.25) is 0 Å². The molecule has 0 atom stereocenters. The zero-order valence-corrected chi connectivity index (χ0v) is 12.0. The second-order valence-electron chi connectivity index (χ2n) is 4.56. The van der Waals surface area contributed by atoms with Gasteiger partial charge in [0.2, 0.25) is 0 Å². The average Bonchev–Trinajstić information content (AvgIpc) is 2.82. The van der Waals surface area contributed by atoms with Gasteiger partial charge in [-0.25, -0.2) is 0 Å². The highest BCUT2D eigenvalue weighted by Gasteiger charge is 2.04. The van der Waals surface area contributed by atoms with Crippen molar-refractivity contribution in [2.24, 2.45) is 7.05 Å². The lowest BCUT2D eigenvalue weighted by atomic mass is 10.3. The molecule has 0 saturated carbocycles. The Bertz CT molecular complexity index is 500. The van der Waals surface area contributed by atoms with Crippen LogP contribution in [-0.2, 0) is 13.6 Å². The molecule has 0 aliphatic heterocycles. The molecule has 0 saturated heterocycles. The molecule has 0 spiro atoms. The van der Waals surface area contributed by atoms with Crippen LogP contribution >= 0.6 is 12.4 Å². The normalized spacial score (nSPS) is 10.5. The first-order chi connectivity index (χ1) is 8.06. The van der Waals surface area contributed by atoms with Gasteiger partial charge in [-0.15, -0.1) is 12.4 Å². The van der Waals surface area contributed by atoms with Crippen LogP contribution in [0.25, 0.3) is 0 Å². The van der Waals surface area contributed by atoms with Crippen molar-refractivity contribution in [3.63, 3.8) is 0 Å². The number of rotatable bonds is 4. The molecular formula is C12H20ClN5. The van der Waals surface area contributed by atoms with E-state index in [4.69, 9.17) is 0 Å². The van der Waals surface area contributed by atoms with E-state index in [1.54, 1.807) is 0 Å². The van der Waals surface area contributed by atoms with E-state index in [0.29, 0.717) is 6.04 Å². The monoisotopic (exact) mass is 269 g/mol. The molecule has 5 nitrogen and oxygen atoms in total. The smallest absolute Gasteiger partial charge is 0.0729 e. The minimum atomic E-state index is 0. The van der Waals surface area contributed by atoms with Crippen LogP contribution in [-0.4, -0.2) is 19.6 Å². The summed E-state index contributed by atoms with van der Waals surface area (Å²) in [5.74, 6) is 0. The summed E-state index contributed by atoms with van der Waals surface area (Å²) in [5, 5.41) is 11.9. The van der Waals surface area contributed by atoms with Gasteiger partial charge >= 0.3 is 0 Å². The average molecular weight is 270 g/mol. The van der Waals surface area contributed by atoms with Crippen molar-refractivity contribution in [2.75, 3.05) is 5.32 Å². The van der Waals surface area contributed by atoms with Crippen molar-refractivity contribution in [3.05, 3.63) is 29.8 Å². The Morgan fingerprint density at radius 3 is 2.61 bits per heavy atom. The molecule has 0 bridgehead atoms. The molecule has 2 rings (SSSR count). The molecule has 0 aliphatic rings. The minimum Gasteiger partial charge on any atom is -0.377 e. The minimum absolute atomic E-state index is 0. The van der Waals surface area contributed by atoms with Gasteiger partial charge in [-0.2, -0.15) is 10.2 Å². The van der Waals surface area contributed by atoms with Gasteiger partial charge in [0.25, 0.3) is 0 Å². The van der Waals surface area contributed by atoms with E-state index in [2.05, 4.69) is 35.4 Å². The first-order valence-corrected chi connectivity index (χ1v) is 5.84. The van der Waals surface area contributed by atoms with E-state index in [9.17, 15) is 0 Å². The quantitative estimate of drug-likeness (QED) is 0.928. The Balaban J connectivity index is 0.00000162. The van der Waals surface area contributed by atoms with E-state index in [1.807, 2.05) is 35.7 Å². The van der Waals surface area contributed by atoms with Crippen LogP contribution in [0.15, 0.2) is 18.5 Å². The SMILES string of the molecule is Cc1cc(CNc2cnn(C(C)C)c2)n(C)n1.Cl. The highest BCUT2D eigenvalue weighted by atomic mass is 35.5. The highest BCUT2D eigenvalue weighted by Crippen LogP contribution is 2.11. The Labute approximate surface area is 114 Å². The molecule has 18 heavy (non-hydrogen) atoms. The zero-order valence-electron chi connectivity index (χ0n) is 11.2. The molecule has 0 amide bonds. The second kappa shape index (κ2) is 5.91. The number of nitrogens with zero attached hydrogens (tertiary/aromatic N) is 4. The third-order valence-corrected chi connectivity index (χ3v) is 2.70. The first kappa shape index (κ1) is 14.6. The Morgan fingerprint density at radius 2 is 2.11 bits per heavy atom. The maximum atomic E-state index is 4.31. The lowest BCUT2D eigenvalue weighted by Gasteiger charge is -2.05. The van der Waals surface area contributed by atoms with Gasteiger partial charge in [0.05, 0.1) is 29.8 Å². The van der Waals surface area contributed by atoms with Crippen LogP contribution in [0.1, 0.15) is 31.3 Å². The fourth-order valence-corrected chi connectivity index (χ4v) is 1.73. The van der Waals surface area contributed by atoms with Crippen molar-refractivity contribution in [3.8, 4) is 0 Å². The first-order valence-electron chi connectivity index (χ1n) is 5.84. The molecule has 2 aromatic rings. The summed E-state index contributed by atoms with van der Waals surface area (Å²) in [6, 6.07) is 2.48. The molecule has 0 radical (unpaired) electrons. The van der Waals surface area contributed by atoms with E-state index in [1.165, 1.54) is 5.69 Å². The Morgan fingerprint density at radius 1 is 1.39 bits per heavy atom. The van der Waals surface area contributed by atoms with Gasteiger partial charge in [0.15, 0.2) is 0 Å². The van der Waals surface area contributed by atoms with Crippen molar-refractivity contribution in [1.29, 1.82) is 0 Å². The maximum absolute atomic E-state index is 4.31. The predicted molar refractivity (Wildman–Crippen MR) is 75.1 cm³/mol. The summed E-state index contributed by atoms with van der Waals surface area (Å²) in [5.41, 5.74) is 3.25. The Hall–Kier alpha value is -1.49. The maximum Gasteiger partial charge on any atom is 0.0729 e. The summed E-state index contributed by atoms with van der Waals surface area (Å²) in [7, 11) is 1.96. The summed E-state index contributed by atoms with van der Waals surface area (Å²) >= 11 is 0. The fourth-order valence-electron chi connectivity index (χ4n) is 1.73. The summed E-state index contributed by atoms with van der Waals surface area (Å²) < 4.78 is 3.84. The number of hydrogen-bond donors (Lipinski definition) is 1. The second-order valence-corrected chi connectivity index (χ2v) is 4.56. The third kappa shape index (κ3) is 3.26. The number of aromatic nitrogens is 4. The van der Waals surface area contributed by atoms with Gasteiger partial charge in [-0.05, 0) is 26.8 Å². The summed E-state index contributed by atoms with van der Waals surface area (Å²) in [4.78, 5) is 0. The molecular weight excluding hydrogens is 250 g/mol. The molecule has 0 aliphatic carbocycles. The number of anilines is 1. The van der Waals surface area contributed by atoms with Crippen molar-refractivity contribution < 1.29 is 0 Å². The van der Waals surface area contributed by atoms with E-state index < -0.39 is 0 Å². The van der Waals surface area contributed by atoms with E-state index >= 15 is 0 Å². The van der Waals surface area contributed by atoms with Gasteiger partial charge in [0.1, 0.15) is 0 Å². The van der Waals surface area contributed by atoms with Crippen LogP contribution in [0.4, 0.5) is 5.69 Å². The molecule has 0 fully saturated rings. The topological polar surface area (TPSA) is 47.7 Å². The van der Waals surface area contributed by atoms with Gasteiger partial charge in [0, 0.05) is 19.3 Å².